The summed E-state index contributed by atoms with van der Waals surface area (Å²) in [5.74, 6) is -1.29. The van der Waals surface area contributed by atoms with E-state index >= 15 is 0 Å². The number of benzene rings is 3. The Bertz CT molecular complexity index is 1540. The minimum atomic E-state index is -0.477. The summed E-state index contributed by atoms with van der Waals surface area (Å²) in [5.41, 5.74) is 5.70. The maximum Gasteiger partial charge on any atom is 0.337 e. The van der Waals surface area contributed by atoms with E-state index in [1.165, 1.54) is 13.3 Å². The number of methoxy groups -OCH3 is 1. The summed E-state index contributed by atoms with van der Waals surface area (Å²) >= 11 is 0. The van der Waals surface area contributed by atoms with Gasteiger partial charge in [0.2, 0.25) is 0 Å². The van der Waals surface area contributed by atoms with Gasteiger partial charge in [0, 0.05) is 17.4 Å². The van der Waals surface area contributed by atoms with Crippen molar-refractivity contribution < 1.29 is 23.5 Å². The molecule has 2 atom stereocenters. The predicted molar refractivity (Wildman–Crippen MR) is 138 cm³/mol. The lowest BCUT2D eigenvalue weighted by atomic mass is 9.55. The Hall–Kier alpha value is -4.78. The van der Waals surface area contributed by atoms with E-state index in [0.717, 1.165) is 32.8 Å². The molecule has 0 N–H and O–H groups in total. The molecule has 0 radical (unpaired) electrons. The third-order valence-corrected chi connectivity index (χ3v) is 7.94. The average Bonchev–Trinajstić information content (AvgIpc) is 3.54. The summed E-state index contributed by atoms with van der Waals surface area (Å²) in [7, 11) is 1.33. The Morgan fingerprint density at radius 1 is 0.789 bits per heavy atom. The molecule has 186 valence electrons. The summed E-state index contributed by atoms with van der Waals surface area (Å²) in [6.45, 7) is 0. The second-order valence-corrected chi connectivity index (χ2v) is 9.77. The summed E-state index contributed by atoms with van der Waals surface area (Å²) in [6.07, 6.45) is 1.40. The maximum absolute atomic E-state index is 13.6. The van der Waals surface area contributed by atoms with Crippen molar-refractivity contribution in [3.05, 3.63) is 119 Å². The van der Waals surface area contributed by atoms with Crippen LogP contribution in [-0.4, -0.2) is 36.1 Å². The van der Waals surface area contributed by atoms with E-state index < -0.39 is 17.8 Å². The van der Waals surface area contributed by atoms with Gasteiger partial charge in [0.05, 0.1) is 30.7 Å². The highest BCUT2D eigenvalue weighted by molar-refractivity contribution is 6.08. The summed E-state index contributed by atoms with van der Waals surface area (Å²) < 4.78 is 10.6. The van der Waals surface area contributed by atoms with Crippen LogP contribution in [0.2, 0.25) is 0 Å². The smallest absolute Gasteiger partial charge is 0.337 e. The second-order valence-electron chi connectivity index (χ2n) is 9.77. The number of hydrazone groups is 1. The van der Waals surface area contributed by atoms with Gasteiger partial charge in [-0.15, -0.1) is 0 Å². The van der Waals surface area contributed by atoms with Gasteiger partial charge in [-0.2, -0.15) is 10.1 Å². The number of nitrogens with zero attached hydrogens (tertiary/aromatic N) is 2. The first-order chi connectivity index (χ1) is 18.6. The molecule has 1 aromatic heterocycles. The van der Waals surface area contributed by atoms with Gasteiger partial charge in [-0.25, -0.2) is 4.79 Å². The number of ether oxygens (including phenoxy) is 1. The molecule has 1 saturated heterocycles. The molecule has 0 unspecified atom stereocenters. The number of rotatable bonds is 4. The van der Waals surface area contributed by atoms with Gasteiger partial charge in [0.25, 0.3) is 11.8 Å². The number of furan rings is 1. The minimum absolute atomic E-state index is 0.169. The Morgan fingerprint density at radius 3 is 1.82 bits per heavy atom. The van der Waals surface area contributed by atoms with Gasteiger partial charge in [-0.1, -0.05) is 60.7 Å². The van der Waals surface area contributed by atoms with E-state index in [9.17, 15) is 14.4 Å². The van der Waals surface area contributed by atoms with Gasteiger partial charge >= 0.3 is 5.97 Å². The van der Waals surface area contributed by atoms with Gasteiger partial charge in [0.1, 0.15) is 11.5 Å². The van der Waals surface area contributed by atoms with E-state index in [1.807, 2.05) is 24.3 Å². The second kappa shape index (κ2) is 8.38. The van der Waals surface area contributed by atoms with E-state index in [1.54, 1.807) is 36.4 Å². The molecular weight excluding hydrogens is 480 g/mol. The van der Waals surface area contributed by atoms with Crippen LogP contribution in [0, 0.1) is 11.8 Å². The molecule has 3 aliphatic carbocycles. The van der Waals surface area contributed by atoms with Gasteiger partial charge < -0.3 is 9.15 Å². The molecule has 1 aliphatic heterocycles. The molecule has 8 rings (SSSR count). The molecule has 38 heavy (non-hydrogen) atoms. The number of imide groups is 1. The molecule has 7 nitrogen and oxygen atoms in total. The van der Waals surface area contributed by atoms with Gasteiger partial charge in [0.15, 0.2) is 0 Å². The normalized spacial score (nSPS) is 22.9. The fourth-order valence-corrected chi connectivity index (χ4v) is 6.36. The number of hydrogen-bond acceptors (Lipinski definition) is 6. The van der Waals surface area contributed by atoms with Crippen LogP contribution in [0.1, 0.15) is 50.2 Å². The Kier molecular flexibility index (Phi) is 4.94. The Morgan fingerprint density at radius 2 is 1.32 bits per heavy atom. The standard InChI is InChI=1S/C31H22N2O5/c1-37-31(36)18-12-10-17(11-13-18)24-15-14-19(38-24)16-32-33-29(34)27-25-20-6-2-3-7-21(20)26(28(27)30(33)35)23-9-5-4-8-22(23)25/h2-16,25-28H,1H3/b32-16-/t25?,26?,27-,28-/m0/s1. The van der Waals surface area contributed by atoms with E-state index in [4.69, 9.17) is 9.15 Å². The molecule has 7 heteroatoms. The van der Waals surface area contributed by atoms with Crippen LogP contribution >= 0.6 is 0 Å². The zero-order valence-electron chi connectivity index (χ0n) is 20.4. The van der Waals surface area contributed by atoms with Crippen LogP contribution in [0.3, 0.4) is 0 Å². The molecule has 2 bridgehead atoms. The lowest BCUT2D eigenvalue weighted by Gasteiger charge is -2.45. The molecule has 4 aliphatic rings. The van der Waals surface area contributed by atoms with Crippen molar-refractivity contribution in [1.29, 1.82) is 0 Å². The van der Waals surface area contributed by atoms with E-state index in [0.29, 0.717) is 17.1 Å². The van der Waals surface area contributed by atoms with Crippen LogP contribution in [0.25, 0.3) is 11.3 Å². The van der Waals surface area contributed by atoms with Crippen LogP contribution in [0.15, 0.2) is 94.4 Å². The summed E-state index contributed by atoms with van der Waals surface area (Å²) in [6, 6.07) is 26.6. The number of carbonyl (C=O) groups excluding carboxylic acids is 3. The van der Waals surface area contributed by atoms with Crippen molar-refractivity contribution in [2.45, 2.75) is 11.8 Å². The van der Waals surface area contributed by atoms with E-state index in [-0.39, 0.29) is 23.7 Å². The minimum Gasteiger partial charge on any atom is -0.465 e. The van der Waals surface area contributed by atoms with E-state index in [2.05, 4.69) is 29.4 Å². The fraction of sp³-hybridized carbons (Fsp3) is 0.161. The van der Waals surface area contributed by atoms with Crippen molar-refractivity contribution in [2.75, 3.05) is 7.11 Å². The van der Waals surface area contributed by atoms with Crippen LogP contribution in [0.4, 0.5) is 0 Å². The van der Waals surface area contributed by atoms with Crippen LogP contribution in [0.5, 0.6) is 0 Å². The fourth-order valence-electron chi connectivity index (χ4n) is 6.36. The number of hydrogen-bond donors (Lipinski definition) is 0. The third-order valence-electron chi connectivity index (χ3n) is 7.94. The number of carbonyl (C=O) groups is 3. The molecule has 2 heterocycles. The third kappa shape index (κ3) is 3.14. The molecule has 4 aromatic rings. The first-order valence-electron chi connectivity index (χ1n) is 12.4. The van der Waals surface area contributed by atoms with Crippen LogP contribution < -0.4 is 0 Å². The Labute approximate surface area is 218 Å². The first kappa shape index (κ1) is 22.4. The SMILES string of the molecule is COC(=O)c1ccc(-c2ccc(/C=N\N3C(=O)[C@H]4C5c6ccccc6C(c6ccccc65)[C@@H]4C3=O)o2)cc1. The molecule has 0 spiro atoms. The highest BCUT2D eigenvalue weighted by Crippen LogP contribution is 2.60. The first-order valence-corrected chi connectivity index (χ1v) is 12.4. The summed E-state index contributed by atoms with van der Waals surface area (Å²) in [4.78, 5) is 39.0. The largest absolute Gasteiger partial charge is 0.465 e. The summed E-state index contributed by atoms with van der Waals surface area (Å²) in [5, 5.41) is 5.34. The number of esters is 1. The molecule has 2 amide bonds. The molecular formula is C31H22N2O5. The zero-order valence-corrected chi connectivity index (χ0v) is 20.4. The van der Waals surface area contributed by atoms with Crippen molar-refractivity contribution in [3.8, 4) is 11.3 Å². The van der Waals surface area contributed by atoms with Gasteiger partial charge in [-0.05, 0) is 46.5 Å². The van der Waals surface area contributed by atoms with Crippen molar-refractivity contribution in [2.24, 2.45) is 16.9 Å². The highest BCUT2D eigenvalue weighted by Gasteiger charge is 2.61. The highest BCUT2D eigenvalue weighted by atomic mass is 16.5. The maximum atomic E-state index is 13.6. The predicted octanol–water partition coefficient (Wildman–Crippen LogP) is 4.96. The average molecular weight is 503 g/mol. The zero-order chi connectivity index (χ0) is 26.0. The topological polar surface area (TPSA) is 89.2 Å². The Balaban J connectivity index is 1.18. The lowest BCUT2D eigenvalue weighted by Crippen LogP contribution is -2.41. The number of amides is 2. The lowest BCUT2D eigenvalue weighted by molar-refractivity contribution is -0.139. The van der Waals surface area contributed by atoms with Crippen LogP contribution in [-0.2, 0) is 14.3 Å². The van der Waals surface area contributed by atoms with Crippen molar-refractivity contribution in [1.82, 2.24) is 5.01 Å². The quantitative estimate of drug-likeness (QED) is 0.224. The molecule has 1 fully saturated rings. The van der Waals surface area contributed by atoms with Crippen molar-refractivity contribution in [3.63, 3.8) is 0 Å². The molecule has 0 saturated carbocycles. The monoisotopic (exact) mass is 502 g/mol. The molecule has 3 aromatic carbocycles. The van der Waals surface area contributed by atoms with Gasteiger partial charge in [-0.3, -0.25) is 9.59 Å². The van der Waals surface area contributed by atoms with Crippen molar-refractivity contribution >= 4 is 24.0 Å².